The summed E-state index contributed by atoms with van der Waals surface area (Å²) in [6.45, 7) is 4.99. The number of hydrogen-bond acceptors (Lipinski definition) is 5. The standard InChI is InChI=1S/C67H131NO5/c1-3-5-7-9-11-13-15-17-19-20-21-25-28-32-35-39-43-47-51-55-59-65(70)64(63-69)68-66(71)60-56-52-48-44-40-36-33-29-26-23-22-24-27-30-34-38-42-46-50-54-58-62-73-67(72)61-57-53-49-45-41-37-31-18-16-14-12-10-8-6-4-2/h23,26,64-65,69-70H,3-22,24-25,27-63H2,1-2H3,(H,68,71)/b26-23-. The van der Waals surface area contributed by atoms with Crippen molar-refractivity contribution in [3.63, 3.8) is 0 Å². The molecule has 0 saturated heterocycles. The molecule has 0 spiro atoms. The Balaban J connectivity index is 3.41. The van der Waals surface area contributed by atoms with Crippen LogP contribution < -0.4 is 5.32 Å². The number of amides is 1. The molecule has 0 bridgehead atoms. The second-order valence-corrected chi connectivity index (χ2v) is 23.2. The molecule has 0 heterocycles. The Morgan fingerprint density at radius 2 is 0.644 bits per heavy atom. The third-order valence-electron chi connectivity index (χ3n) is 15.8. The van der Waals surface area contributed by atoms with Gasteiger partial charge in [0.25, 0.3) is 0 Å². The van der Waals surface area contributed by atoms with E-state index < -0.39 is 12.1 Å². The van der Waals surface area contributed by atoms with Gasteiger partial charge in [-0.1, -0.05) is 328 Å². The maximum atomic E-state index is 12.5. The van der Waals surface area contributed by atoms with E-state index in [4.69, 9.17) is 4.74 Å². The van der Waals surface area contributed by atoms with E-state index >= 15 is 0 Å². The van der Waals surface area contributed by atoms with E-state index in [1.807, 2.05) is 0 Å². The first-order valence-corrected chi connectivity index (χ1v) is 33.4. The van der Waals surface area contributed by atoms with Gasteiger partial charge in [0.15, 0.2) is 0 Å². The third kappa shape index (κ3) is 59.7. The van der Waals surface area contributed by atoms with Crippen LogP contribution in [0.1, 0.15) is 380 Å². The van der Waals surface area contributed by atoms with Crippen molar-refractivity contribution in [3.8, 4) is 0 Å². The number of esters is 1. The molecule has 3 N–H and O–H groups in total. The fourth-order valence-electron chi connectivity index (χ4n) is 10.7. The number of unbranched alkanes of at least 4 members (excludes halogenated alkanes) is 50. The van der Waals surface area contributed by atoms with Crippen LogP contribution in [0.5, 0.6) is 0 Å². The number of carbonyl (C=O) groups is 2. The van der Waals surface area contributed by atoms with Crippen LogP contribution in [0.4, 0.5) is 0 Å². The Hall–Kier alpha value is -1.40. The number of carbonyl (C=O) groups excluding carboxylic acids is 2. The molecule has 73 heavy (non-hydrogen) atoms. The van der Waals surface area contributed by atoms with Gasteiger partial charge in [0.05, 0.1) is 25.4 Å². The first-order valence-electron chi connectivity index (χ1n) is 33.4. The lowest BCUT2D eigenvalue weighted by molar-refractivity contribution is -0.143. The topological polar surface area (TPSA) is 95.9 Å². The summed E-state index contributed by atoms with van der Waals surface area (Å²) >= 11 is 0. The second kappa shape index (κ2) is 63.1. The Morgan fingerprint density at radius 1 is 0.370 bits per heavy atom. The molecule has 2 unspecified atom stereocenters. The zero-order valence-corrected chi connectivity index (χ0v) is 49.6. The molecule has 1 amide bonds. The molecule has 0 aliphatic heterocycles. The SMILES string of the molecule is CCCCCCCCCCCCCCCCCCCCCCC(O)C(CO)NC(=O)CCCCCCCCC/C=C\CCCCCCCCCCCCOC(=O)CCCCCCCCCCCCCCCCC. The van der Waals surface area contributed by atoms with Crippen LogP contribution in [-0.4, -0.2) is 47.4 Å². The van der Waals surface area contributed by atoms with Crippen LogP contribution in [0, 0.1) is 0 Å². The molecule has 434 valence electrons. The Labute approximate surface area is 457 Å². The molecule has 0 fully saturated rings. The predicted molar refractivity (Wildman–Crippen MR) is 320 cm³/mol. The van der Waals surface area contributed by atoms with Gasteiger partial charge in [-0.3, -0.25) is 9.59 Å². The lowest BCUT2D eigenvalue weighted by atomic mass is 10.0. The molecular weight excluding hydrogens is 899 g/mol. The van der Waals surface area contributed by atoms with Crippen molar-refractivity contribution in [2.75, 3.05) is 13.2 Å². The first-order chi connectivity index (χ1) is 36.0. The maximum absolute atomic E-state index is 12.5. The highest BCUT2D eigenvalue weighted by Gasteiger charge is 2.20. The smallest absolute Gasteiger partial charge is 0.305 e. The highest BCUT2D eigenvalue weighted by Crippen LogP contribution is 2.19. The number of aliphatic hydroxyl groups is 2. The van der Waals surface area contributed by atoms with E-state index in [1.165, 1.54) is 308 Å². The summed E-state index contributed by atoms with van der Waals surface area (Å²) in [5.74, 6) is -0.0263. The summed E-state index contributed by atoms with van der Waals surface area (Å²) in [4.78, 5) is 24.6. The van der Waals surface area contributed by atoms with Gasteiger partial charge >= 0.3 is 5.97 Å². The van der Waals surface area contributed by atoms with Crippen LogP contribution in [0.15, 0.2) is 12.2 Å². The quantitative estimate of drug-likeness (QED) is 0.0320. The average Bonchev–Trinajstić information content (AvgIpc) is 3.39. The van der Waals surface area contributed by atoms with Gasteiger partial charge in [-0.2, -0.15) is 0 Å². The second-order valence-electron chi connectivity index (χ2n) is 23.2. The van der Waals surface area contributed by atoms with Gasteiger partial charge < -0.3 is 20.3 Å². The van der Waals surface area contributed by atoms with E-state index in [0.717, 1.165) is 38.5 Å². The number of hydrogen-bond donors (Lipinski definition) is 3. The van der Waals surface area contributed by atoms with Crippen molar-refractivity contribution in [1.82, 2.24) is 5.32 Å². The van der Waals surface area contributed by atoms with E-state index in [2.05, 4.69) is 31.3 Å². The van der Waals surface area contributed by atoms with Gasteiger partial charge in [0.2, 0.25) is 5.91 Å². The molecule has 2 atom stereocenters. The summed E-state index contributed by atoms with van der Waals surface area (Å²) in [7, 11) is 0. The lowest BCUT2D eigenvalue weighted by Gasteiger charge is -2.22. The minimum Gasteiger partial charge on any atom is -0.466 e. The zero-order valence-electron chi connectivity index (χ0n) is 49.6. The largest absolute Gasteiger partial charge is 0.466 e. The number of allylic oxidation sites excluding steroid dienone is 2. The molecule has 0 aliphatic rings. The van der Waals surface area contributed by atoms with Crippen LogP contribution in [0.25, 0.3) is 0 Å². The Kier molecular flexibility index (Phi) is 61.9. The summed E-state index contributed by atoms with van der Waals surface area (Å²) in [5, 5.41) is 23.4. The Bertz CT molecular complexity index is 1100. The van der Waals surface area contributed by atoms with Crippen LogP contribution >= 0.6 is 0 Å². The number of rotatable bonds is 63. The highest BCUT2D eigenvalue weighted by molar-refractivity contribution is 5.76. The predicted octanol–water partition coefficient (Wildman–Crippen LogP) is 21.2. The third-order valence-corrected chi connectivity index (χ3v) is 15.8. The van der Waals surface area contributed by atoms with Crippen molar-refractivity contribution in [2.45, 2.75) is 392 Å². The number of nitrogens with one attached hydrogen (secondary N) is 1. The lowest BCUT2D eigenvalue weighted by Crippen LogP contribution is -2.45. The highest BCUT2D eigenvalue weighted by atomic mass is 16.5. The van der Waals surface area contributed by atoms with E-state index in [0.29, 0.717) is 25.9 Å². The van der Waals surface area contributed by atoms with Crippen molar-refractivity contribution in [2.24, 2.45) is 0 Å². The fourth-order valence-corrected chi connectivity index (χ4v) is 10.7. The average molecular weight is 1030 g/mol. The van der Waals surface area contributed by atoms with Crippen molar-refractivity contribution in [1.29, 1.82) is 0 Å². The minimum absolute atomic E-state index is 0.0122. The molecule has 0 aromatic rings. The van der Waals surface area contributed by atoms with E-state index in [-0.39, 0.29) is 18.5 Å². The maximum Gasteiger partial charge on any atom is 0.305 e. The van der Waals surface area contributed by atoms with Gasteiger partial charge in [0.1, 0.15) is 0 Å². The fraction of sp³-hybridized carbons (Fsp3) is 0.940. The van der Waals surface area contributed by atoms with Crippen LogP contribution in [0.3, 0.4) is 0 Å². The zero-order chi connectivity index (χ0) is 52.9. The van der Waals surface area contributed by atoms with Crippen LogP contribution in [0.2, 0.25) is 0 Å². The normalized spacial score (nSPS) is 12.5. The molecular formula is C67H131NO5. The van der Waals surface area contributed by atoms with Gasteiger partial charge in [-0.15, -0.1) is 0 Å². The van der Waals surface area contributed by atoms with Crippen molar-refractivity contribution < 1.29 is 24.5 Å². The summed E-state index contributed by atoms with van der Waals surface area (Å²) < 4.78 is 5.49. The molecule has 0 aromatic carbocycles. The van der Waals surface area contributed by atoms with Crippen LogP contribution in [-0.2, 0) is 14.3 Å². The van der Waals surface area contributed by atoms with E-state index in [9.17, 15) is 19.8 Å². The number of aliphatic hydroxyl groups excluding tert-OH is 2. The molecule has 0 radical (unpaired) electrons. The molecule has 0 rings (SSSR count). The van der Waals surface area contributed by atoms with Crippen molar-refractivity contribution in [3.05, 3.63) is 12.2 Å². The summed E-state index contributed by atoms with van der Waals surface area (Å²) in [5.41, 5.74) is 0. The molecule has 0 saturated carbocycles. The molecule has 0 aliphatic carbocycles. The summed E-state index contributed by atoms with van der Waals surface area (Å²) in [6.07, 6.45) is 76.6. The molecule has 6 nitrogen and oxygen atoms in total. The first kappa shape index (κ1) is 71.6. The monoisotopic (exact) mass is 1030 g/mol. The minimum atomic E-state index is -0.669. The Morgan fingerprint density at radius 3 is 0.973 bits per heavy atom. The van der Waals surface area contributed by atoms with Gasteiger partial charge in [-0.05, 0) is 51.4 Å². The van der Waals surface area contributed by atoms with Gasteiger partial charge in [0, 0.05) is 12.8 Å². The van der Waals surface area contributed by atoms with Crippen molar-refractivity contribution >= 4 is 11.9 Å². The van der Waals surface area contributed by atoms with Gasteiger partial charge in [-0.25, -0.2) is 0 Å². The summed E-state index contributed by atoms with van der Waals surface area (Å²) in [6, 6.07) is -0.547. The molecule has 6 heteroatoms. The number of ether oxygens (including phenoxy) is 1. The molecule has 0 aromatic heterocycles. The van der Waals surface area contributed by atoms with E-state index in [1.54, 1.807) is 0 Å².